The maximum atomic E-state index is 11.6. The molecule has 0 bridgehead atoms. The number of hydrogen-bond acceptors (Lipinski definition) is 3. The lowest BCUT2D eigenvalue weighted by Gasteiger charge is -2.22. The van der Waals surface area contributed by atoms with Gasteiger partial charge in [0.25, 0.3) is 11.8 Å². The van der Waals surface area contributed by atoms with Crippen LogP contribution in [0.5, 0.6) is 0 Å². The van der Waals surface area contributed by atoms with Crippen LogP contribution in [0.3, 0.4) is 0 Å². The standard InChI is InChI=1S/C11H15NO4/c1-7-6-9(13)12(11(7)16)8(2)4-3-5-10(14)15/h6,8H,3-5H2,1-2H3,(H,14,15). The van der Waals surface area contributed by atoms with Crippen LogP contribution in [0, 0.1) is 0 Å². The van der Waals surface area contributed by atoms with Crippen molar-refractivity contribution < 1.29 is 19.5 Å². The Morgan fingerprint density at radius 3 is 2.56 bits per heavy atom. The monoisotopic (exact) mass is 225 g/mol. The molecule has 0 radical (unpaired) electrons. The van der Waals surface area contributed by atoms with Gasteiger partial charge in [0.1, 0.15) is 0 Å². The van der Waals surface area contributed by atoms with Crippen LogP contribution in [0.25, 0.3) is 0 Å². The molecule has 5 heteroatoms. The van der Waals surface area contributed by atoms with Crippen molar-refractivity contribution in [2.75, 3.05) is 0 Å². The van der Waals surface area contributed by atoms with Crippen molar-refractivity contribution in [2.45, 2.75) is 39.2 Å². The molecule has 0 aliphatic carbocycles. The smallest absolute Gasteiger partial charge is 0.303 e. The molecule has 0 spiro atoms. The van der Waals surface area contributed by atoms with Gasteiger partial charge < -0.3 is 5.11 Å². The highest BCUT2D eigenvalue weighted by molar-refractivity contribution is 6.16. The Kier molecular flexibility index (Phi) is 3.82. The van der Waals surface area contributed by atoms with E-state index in [1.54, 1.807) is 13.8 Å². The average molecular weight is 225 g/mol. The van der Waals surface area contributed by atoms with E-state index in [0.717, 1.165) is 0 Å². The Hall–Kier alpha value is -1.65. The molecule has 5 nitrogen and oxygen atoms in total. The zero-order chi connectivity index (χ0) is 12.3. The first-order valence-electron chi connectivity index (χ1n) is 5.21. The van der Waals surface area contributed by atoms with Gasteiger partial charge in [-0.1, -0.05) is 0 Å². The number of imide groups is 1. The van der Waals surface area contributed by atoms with Crippen molar-refractivity contribution in [2.24, 2.45) is 0 Å². The van der Waals surface area contributed by atoms with Crippen molar-refractivity contribution in [3.63, 3.8) is 0 Å². The lowest BCUT2D eigenvalue weighted by Crippen LogP contribution is -2.38. The highest BCUT2D eigenvalue weighted by atomic mass is 16.4. The normalized spacial score (nSPS) is 17.6. The lowest BCUT2D eigenvalue weighted by molar-refractivity contribution is -0.139. The summed E-state index contributed by atoms with van der Waals surface area (Å²) in [6.45, 7) is 3.36. The first-order valence-corrected chi connectivity index (χ1v) is 5.21. The lowest BCUT2D eigenvalue weighted by atomic mass is 10.1. The van der Waals surface area contributed by atoms with Crippen LogP contribution in [0.2, 0.25) is 0 Å². The van der Waals surface area contributed by atoms with Gasteiger partial charge in [0, 0.05) is 24.1 Å². The summed E-state index contributed by atoms with van der Waals surface area (Å²) in [5, 5.41) is 8.48. The van der Waals surface area contributed by atoms with Crippen LogP contribution in [-0.4, -0.2) is 33.8 Å². The van der Waals surface area contributed by atoms with E-state index in [1.807, 2.05) is 0 Å². The van der Waals surface area contributed by atoms with Crippen molar-refractivity contribution in [3.8, 4) is 0 Å². The van der Waals surface area contributed by atoms with Gasteiger partial charge in [-0.2, -0.15) is 0 Å². The summed E-state index contributed by atoms with van der Waals surface area (Å²) in [7, 11) is 0. The number of amides is 2. The minimum atomic E-state index is -0.861. The van der Waals surface area contributed by atoms with E-state index in [-0.39, 0.29) is 24.3 Å². The van der Waals surface area contributed by atoms with E-state index >= 15 is 0 Å². The van der Waals surface area contributed by atoms with Crippen LogP contribution in [0.4, 0.5) is 0 Å². The molecule has 1 unspecified atom stereocenters. The van der Waals surface area contributed by atoms with E-state index in [1.165, 1.54) is 11.0 Å². The predicted octanol–water partition coefficient (Wildman–Crippen LogP) is 0.945. The molecule has 2 amide bonds. The Morgan fingerprint density at radius 1 is 1.50 bits per heavy atom. The molecule has 1 rings (SSSR count). The highest BCUT2D eigenvalue weighted by Crippen LogP contribution is 2.18. The van der Waals surface area contributed by atoms with Crippen LogP contribution in [0.15, 0.2) is 11.6 Å². The van der Waals surface area contributed by atoms with E-state index in [0.29, 0.717) is 18.4 Å². The molecule has 1 aliphatic rings. The van der Waals surface area contributed by atoms with Gasteiger partial charge in [-0.05, 0) is 26.7 Å². The molecule has 0 saturated carbocycles. The second-order valence-corrected chi connectivity index (χ2v) is 3.98. The van der Waals surface area contributed by atoms with Crippen LogP contribution in [0.1, 0.15) is 33.1 Å². The first kappa shape index (κ1) is 12.4. The van der Waals surface area contributed by atoms with Gasteiger partial charge in [0.15, 0.2) is 0 Å². The van der Waals surface area contributed by atoms with Gasteiger partial charge in [-0.25, -0.2) is 0 Å². The number of carboxylic acid groups (broad SMARTS) is 1. The third kappa shape index (κ3) is 2.68. The van der Waals surface area contributed by atoms with Crippen molar-refractivity contribution >= 4 is 17.8 Å². The molecule has 1 N–H and O–H groups in total. The zero-order valence-corrected chi connectivity index (χ0v) is 9.40. The quantitative estimate of drug-likeness (QED) is 0.707. The first-order chi connectivity index (χ1) is 7.43. The van der Waals surface area contributed by atoms with E-state index in [2.05, 4.69) is 0 Å². The molecule has 16 heavy (non-hydrogen) atoms. The summed E-state index contributed by atoms with van der Waals surface area (Å²) in [4.78, 5) is 34.5. The summed E-state index contributed by atoms with van der Waals surface area (Å²) in [5.41, 5.74) is 0.440. The molecular weight excluding hydrogens is 210 g/mol. The Bertz CT molecular complexity index is 359. The number of carbonyl (C=O) groups excluding carboxylic acids is 2. The minimum Gasteiger partial charge on any atom is -0.481 e. The van der Waals surface area contributed by atoms with Gasteiger partial charge in [0.2, 0.25) is 0 Å². The number of rotatable bonds is 5. The molecule has 1 atom stereocenters. The topological polar surface area (TPSA) is 74.7 Å². The van der Waals surface area contributed by atoms with Gasteiger partial charge in [0.05, 0.1) is 0 Å². The summed E-state index contributed by atoms with van der Waals surface area (Å²) in [5.74, 6) is -1.43. The number of carboxylic acids is 1. The minimum absolute atomic E-state index is 0.0625. The summed E-state index contributed by atoms with van der Waals surface area (Å²) >= 11 is 0. The predicted molar refractivity (Wildman–Crippen MR) is 56.6 cm³/mol. The fourth-order valence-corrected chi connectivity index (χ4v) is 1.70. The van der Waals surface area contributed by atoms with Crippen LogP contribution in [-0.2, 0) is 14.4 Å². The fourth-order valence-electron chi connectivity index (χ4n) is 1.70. The molecule has 1 aliphatic heterocycles. The Morgan fingerprint density at radius 2 is 2.12 bits per heavy atom. The van der Waals surface area contributed by atoms with Crippen LogP contribution < -0.4 is 0 Å². The van der Waals surface area contributed by atoms with E-state index < -0.39 is 5.97 Å². The maximum absolute atomic E-state index is 11.6. The van der Waals surface area contributed by atoms with Crippen molar-refractivity contribution in [1.29, 1.82) is 0 Å². The molecule has 0 aromatic rings. The molecule has 0 saturated heterocycles. The summed E-state index contributed by atoms with van der Waals surface area (Å²) in [6.07, 6.45) is 2.36. The second-order valence-electron chi connectivity index (χ2n) is 3.98. The van der Waals surface area contributed by atoms with E-state index in [4.69, 9.17) is 5.11 Å². The largest absolute Gasteiger partial charge is 0.481 e. The Labute approximate surface area is 93.7 Å². The number of nitrogens with zero attached hydrogens (tertiary/aromatic N) is 1. The summed E-state index contributed by atoms with van der Waals surface area (Å²) < 4.78 is 0. The van der Waals surface area contributed by atoms with Gasteiger partial charge in [-0.15, -0.1) is 0 Å². The molecule has 0 aromatic heterocycles. The second kappa shape index (κ2) is 4.92. The number of carbonyl (C=O) groups is 3. The van der Waals surface area contributed by atoms with E-state index in [9.17, 15) is 14.4 Å². The SMILES string of the molecule is CC1=CC(=O)N(C(C)CCCC(=O)O)C1=O. The van der Waals surface area contributed by atoms with Crippen molar-refractivity contribution in [1.82, 2.24) is 4.90 Å². The van der Waals surface area contributed by atoms with Gasteiger partial charge >= 0.3 is 5.97 Å². The third-order valence-corrected chi connectivity index (χ3v) is 2.59. The molecule has 88 valence electrons. The average Bonchev–Trinajstić information content (AvgIpc) is 2.40. The van der Waals surface area contributed by atoms with Crippen molar-refractivity contribution in [3.05, 3.63) is 11.6 Å². The molecule has 0 fully saturated rings. The third-order valence-electron chi connectivity index (χ3n) is 2.59. The fraction of sp³-hybridized carbons (Fsp3) is 0.545. The molecule has 1 heterocycles. The maximum Gasteiger partial charge on any atom is 0.303 e. The number of aliphatic carboxylic acids is 1. The van der Waals surface area contributed by atoms with Gasteiger partial charge in [-0.3, -0.25) is 19.3 Å². The molecule has 0 aromatic carbocycles. The zero-order valence-electron chi connectivity index (χ0n) is 9.40. The Balaban J connectivity index is 2.49. The highest BCUT2D eigenvalue weighted by Gasteiger charge is 2.31. The molecular formula is C11H15NO4. The van der Waals surface area contributed by atoms with Crippen LogP contribution >= 0.6 is 0 Å². The number of hydrogen-bond donors (Lipinski definition) is 1. The summed E-state index contributed by atoms with van der Waals surface area (Å²) in [6, 6.07) is -0.243.